The molecule has 0 saturated carbocycles. The van der Waals surface area contributed by atoms with Crippen molar-refractivity contribution in [3.8, 4) is 0 Å². The molecule has 0 spiro atoms. The maximum Gasteiger partial charge on any atom is 0.282 e. The molecule has 110 valence electrons. The zero-order chi connectivity index (χ0) is 14.0. The molecule has 2 N–H and O–H groups in total. The van der Waals surface area contributed by atoms with Crippen molar-refractivity contribution in [2.45, 2.75) is 25.9 Å². The summed E-state index contributed by atoms with van der Waals surface area (Å²) < 4.78 is 33.0. The van der Waals surface area contributed by atoms with Crippen LogP contribution in [-0.4, -0.2) is 61.8 Å². The van der Waals surface area contributed by atoms with Crippen molar-refractivity contribution in [1.82, 2.24) is 8.61 Å². The molecule has 2 saturated heterocycles. The number of nitrogens with zero attached hydrogens (tertiary/aromatic N) is 2. The zero-order valence-corrected chi connectivity index (χ0v) is 11.9. The highest BCUT2D eigenvalue weighted by Crippen LogP contribution is 2.21. The van der Waals surface area contributed by atoms with E-state index in [1.165, 1.54) is 8.61 Å². The van der Waals surface area contributed by atoms with Crippen LogP contribution in [0.4, 0.5) is 0 Å². The van der Waals surface area contributed by atoms with Gasteiger partial charge in [0.25, 0.3) is 10.2 Å². The van der Waals surface area contributed by atoms with Gasteiger partial charge in [0.2, 0.25) is 5.91 Å². The maximum atomic E-state index is 12.5. The lowest BCUT2D eigenvalue weighted by atomic mass is 10.0. The molecular weight excluding hydrogens is 270 g/mol. The Morgan fingerprint density at radius 3 is 2.58 bits per heavy atom. The average Bonchev–Trinajstić information content (AvgIpc) is 2.39. The van der Waals surface area contributed by atoms with Crippen molar-refractivity contribution in [2.75, 3.05) is 32.8 Å². The lowest BCUT2D eigenvalue weighted by molar-refractivity contribution is -0.132. The number of amides is 1. The number of primary amides is 1. The van der Waals surface area contributed by atoms with Gasteiger partial charge in [-0.1, -0.05) is 6.92 Å². The minimum absolute atomic E-state index is 0.0164. The second-order valence-electron chi connectivity index (χ2n) is 5.23. The molecule has 2 atom stereocenters. The van der Waals surface area contributed by atoms with Crippen molar-refractivity contribution < 1.29 is 17.9 Å². The Labute approximate surface area is 113 Å². The summed E-state index contributed by atoms with van der Waals surface area (Å²) in [5.74, 6) is -0.247. The van der Waals surface area contributed by atoms with Crippen LogP contribution in [0.2, 0.25) is 0 Å². The van der Waals surface area contributed by atoms with E-state index >= 15 is 0 Å². The topological polar surface area (TPSA) is 92.9 Å². The van der Waals surface area contributed by atoms with Crippen LogP contribution in [0.15, 0.2) is 0 Å². The van der Waals surface area contributed by atoms with E-state index in [9.17, 15) is 13.2 Å². The van der Waals surface area contributed by atoms with Gasteiger partial charge in [0.05, 0.1) is 13.2 Å². The van der Waals surface area contributed by atoms with Crippen LogP contribution >= 0.6 is 0 Å². The SMILES string of the molecule is CC1CCCN(S(=O)(=O)N2CCOC(C(N)=O)C2)C1. The van der Waals surface area contributed by atoms with Crippen LogP contribution in [0, 0.1) is 5.92 Å². The van der Waals surface area contributed by atoms with Crippen LogP contribution in [0.3, 0.4) is 0 Å². The number of rotatable bonds is 3. The fourth-order valence-electron chi connectivity index (χ4n) is 2.53. The third kappa shape index (κ3) is 3.25. The zero-order valence-electron chi connectivity index (χ0n) is 11.1. The summed E-state index contributed by atoms with van der Waals surface area (Å²) in [6, 6.07) is 0. The largest absolute Gasteiger partial charge is 0.367 e. The summed E-state index contributed by atoms with van der Waals surface area (Å²) in [6.07, 6.45) is 1.09. The smallest absolute Gasteiger partial charge is 0.282 e. The Bertz CT molecular complexity index is 439. The Kier molecular flexibility index (Phi) is 4.44. The van der Waals surface area contributed by atoms with E-state index in [2.05, 4.69) is 0 Å². The van der Waals surface area contributed by atoms with E-state index in [4.69, 9.17) is 10.5 Å². The molecule has 0 aromatic heterocycles. The average molecular weight is 291 g/mol. The van der Waals surface area contributed by atoms with Crippen molar-refractivity contribution in [2.24, 2.45) is 11.7 Å². The molecule has 0 aliphatic carbocycles. The van der Waals surface area contributed by atoms with E-state index < -0.39 is 22.2 Å². The fraction of sp³-hybridized carbons (Fsp3) is 0.909. The number of piperidine rings is 1. The Morgan fingerprint density at radius 2 is 1.95 bits per heavy atom. The number of ether oxygens (including phenoxy) is 1. The Balaban J connectivity index is 2.08. The predicted molar refractivity (Wildman–Crippen MR) is 69.4 cm³/mol. The molecule has 2 heterocycles. The summed E-state index contributed by atoms with van der Waals surface area (Å²) in [5, 5.41) is 0. The summed E-state index contributed by atoms with van der Waals surface area (Å²) >= 11 is 0. The summed E-state index contributed by atoms with van der Waals surface area (Å²) in [5.41, 5.74) is 5.17. The molecule has 0 aromatic rings. The summed E-state index contributed by atoms with van der Waals surface area (Å²) in [4.78, 5) is 11.1. The number of carbonyl (C=O) groups is 1. The normalized spacial score (nSPS) is 31.2. The Hall–Kier alpha value is -0.700. The van der Waals surface area contributed by atoms with Crippen LogP contribution < -0.4 is 5.73 Å². The van der Waals surface area contributed by atoms with Gasteiger partial charge < -0.3 is 10.5 Å². The molecule has 2 aliphatic heterocycles. The van der Waals surface area contributed by atoms with Crippen molar-refractivity contribution in [3.63, 3.8) is 0 Å². The lowest BCUT2D eigenvalue weighted by Crippen LogP contribution is -2.55. The highest BCUT2D eigenvalue weighted by Gasteiger charge is 2.37. The van der Waals surface area contributed by atoms with Crippen LogP contribution in [-0.2, 0) is 19.7 Å². The molecule has 8 heteroatoms. The first-order valence-electron chi connectivity index (χ1n) is 6.57. The van der Waals surface area contributed by atoms with E-state index in [0.717, 1.165) is 12.8 Å². The number of morpholine rings is 1. The summed E-state index contributed by atoms with van der Waals surface area (Å²) in [6.45, 7) is 3.63. The van der Waals surface area contributed by atoms with Gasteiger partial charge in [0.15, 0.2) is 0 Å². The number of hydrogen-bond donors (Lipinski definition) is 1. The molecule has 19 heavy (non-hydrogen) atoms. The molecule has 0 bridgehead atoms. The van der Waals surface area contributed by atoms with Gasteiger partial charge in [-0.05, 0) is 18.8 Å². The molecule has 2 fully saturated rings. The van der Waals surface area contributed by atoms with Gasteiger partial charge in [-0.3, -0.25) is 4.79 Å². The molecule has 7 nitrogen and oxygen atoms in total. The molecule has 0 radical (unpaired) electrons. The first kappa shape index (κ1) is 14.7. The molecule has 0 aromatic carbocycles. The van der Waals surface area contributed by atoms with Gasteiger partial charge in [0, 0.05) is 19.6 Å². The predicted octanol–water partition coefficient (Wildman–Crippen LogP) is -0.851. The van der Waals surface area contributed by atoms with Gasteiger partial charge in [-0.2, -0.15) is 17.0 Å². The first-order chi connectivity index (χ1) is 8.91. The highest BCUT2D eigenvalue weighted by molar-refractivity contribution is 7.86. The van der Waals surface area contributed by atoms with Gasteiger partial charge >= 0.3 is 0 Å². The minimum Gasteiger partial charge on any atom is -0.367 e. The van der Waals surface area contributed by atoms with Gasteiger partial charge in [-0.25, -0.2) is 0 Å². The number of nitrogens with two attached hydrogens (primary N) is 1. The van der Waals surface area contributed by atoms with E-state index in [1.54, 1.807) is 0 Å². The van der Waals surface area contributed by atoms with Crippen molar-refractivity contribution >= 4 is 16.1 Å². The lowest BCUT2D eigenvalue weighted by Gasteiger charge is -2.37. The van der Waals surface area contributed by atoms with Crippen LogP contribution in [0.1, 0.15) is 19.8 Å². The van der Waals surface area contributed by atoms with Crippen molar-refractivity contribution in [3.05, 3.63) is 0 Å². The van der Waals surface area contributed by atoms with Crippen LogP contribution in [0.25, 0.3) is 0 Å². The van der Waals surface area contributed by atoms with Gasteiger partial charge in [0.1, 0.15) is 6.10 Å². The Morgan fingerprint density at radius 1 is 1.26 bits per heavy atom. The van der Waals surface area contributed by atoms with E-state index in [1.807, 2.05) is 6.92 Å². The van der Waals surface area contributed by atoms with Gasteiger partial charge in [-0.15, -0.1) is 0 Å². The maximum absolute atomic E-state index is 12.5. The number of carbonyl (C=O) groups excluding carboxylic acids is 1. The standard InChI is InChI=1S/C11H21N3O4S/c1-9-3-2-4-13(7-9)19(16,17)14-5-6-18-10(8-14)11(12)15/h9-10H,2-8H2,1H3,(H2,12,15). The van der Waals surface area contributed by atoms with E-state index in [-0.39, 0.29) is 19.7 Å². The number of hydrogen-bond acceptors (Lipinski definition) is 4. The highest BCUT2D eigenvalue weighted by atomic mass is 32.2. The van der Waals surface area contributed by atoms with E-state index in [0.29, 0.717) is 19.0 Å². The van der Waals surface area contributed by atoms with Crippen LogP contribution in [0.5, 0.6) is 0 Å². The fourth-order valence-corrected chi connectivity index (χ4v) is 4.28. The quantitative estimate of drug-likeness (QED) is 0.733. The molecule has 2 aliphatic rings. The molecule has 2 rings (SSSR count). The molecule has 1 amide bonds. The second kappa shape index (κ2) is 5.74. The molecular formula is C11H21N3O4S. The summed E-state index contributed by atoms with van der Waals surface area (Å²) in [7, 11) is -3.51. The first-order valence-corrected chi connectivity index (χ1v) is 7.97. The third-order valence-corrected chi connectivity index (χ3v) is 5.59. The minimum atomic E-state index is -3.51. The second-order valence-corrected chi connectivity index (χ2v) is 7.16. The monoisotopic (exact) mass is 291 g/mol. The van der Waals surface area contributed by atoms with Crippen molar-refractivity contribution in [1.29, 1.82) is 0 Å². The third-order valence-electron chi connectivity index (χ3n) is 3.62. The molecule has 2 unspecified atom stereocenters.